The second-order valence-electron chi connectivity index (χ2n) is 3.36. The average Bonchev–Trinajstić information content (AvgIpc) is 2.38. The summed E-state index contributed by atoms with van der Waals surface area (Å²) in [7, 11) is 0. The van der Waals surface area contributed by atoms with Gasteiger partial charge >= 0.3 is 0 Å². The van der Waals surface area contributed by atoms with Gasteiger partial charge in [-0.05, 0) is 32.7 Å². The van der Waals surface area contributed by atoms with Crippen LogP contribution in [0, 0.1) is 0 Å². The molecule has 0 spiro atoms. The number of aliphatic hydroxyl groups is 1. The minimum absolute atomic E-state index is 0.331. The van der Waals surface area contributed by atoms with E-state index in [1.54, 1.807) is 0 Å². The molecule has 1 rings (SSSR count). The Labute approximate surface area is 62.6 Å². The van der Waals surface area contributed by atoms with Gasteiger partial charge in [0.2, 0.25) is 0 Å². The smallest absolute Gasteiger partial charge is 0.0769 e. The second kappa shape index (κ2) is 2.89. The van der Waals surface area contributed by atoms with Gasteiger partial charge in [-0.1, -0.05) is 6.92 Å². The fourth-order valence-electron chi connectivity index (χ4n) is 1.46. The molecule has 10 heavy (non-hydrogen) atoms. The monoisotopic (exact) mass is 143 g/mol. The molecule has 0 aliphatic carbocycles. The maximum absolute atomic E-state index is 9.76. The number of nitrogens with one attached hydrogen (secondary N) is 1. The zero-order chi connectivity index (χ0) is 7.61. The summed E-state index contributed by atoms with van der Waals surface area (Å²) in [5.41, 5.74) is -0.490. The predicted molar refractivity (Wildman–Crippen MR) is 41.9 cm³/mol. The molecular formula is C8H17NO. The average molecular weight is 143 g/mol. The van der Waals surface area contributed by atoms with Gasteiger partial charge in [0.25, 0.3) is 0 Å². The Morgan fingerprint density at radius 3 is 2.80 bits per heavy atom. The summed E-state index contributed by atoms with van der Waals surface area (Å²) in [6.45, 7) is 5.01. The first-order valence-electron chi connectivity index (χ1n) is 4.12. The van der Waals surface area contributed by atoms with E-state index in [0.717, 1.165) is 19.4 Å². The molecule has 1 aliphatic rings. The molecule has 1 heterocycles. The van der Waals surface area contributed by atoms with Crippen molar-refractivity contribution in [2.75, 3.05) is 6.54 Å². The lowest BCUT2D eigenvalue weighted by Crippen LogP contribution is -2.44. The first-order chi connectivity index (χ1) is 4.67. The van der Waals surface area contributed by atoms with Crippen molar-refractivity contribution < 1.29 is 5.11 Å². The molecule has 1 saturated heterocycles. The highest BCUT2D eigenvalue weighted by atomic mass is 16.3. The SMILES string of the molecule is CCC(C)(O)C1CCCN1. The van der Waals surface area contributed by atoms with Gasteiger partial charge in [-0.15, -0.1) is 0 Å². The summed E-state index contributed by atoms with van der Waals surface area (Å²) in [5.74, 6) is 0. The molecule has 1 fully saturated rings. The van der Waals surface area contributed by atoms with E-state index in [4.69, 9.17) is 0 Å². The third-order valence-corrected chi connectivity index (χ3v) is 2.53. The van der Waals surface area contributed by atoms with E-state index in [2.05, 4.69) is 5.32 Å². The number of rotatable bonds is 2. The summed E-state index contributed by atoms with van der Waals surface area (Å²) in [6.07, 6.45) is 3.17. The first kappa shape index (κ1) is 8.02. The van der Waals surface area contributed by atoms with Gasteiger partial charge in [-0.25, -0.2) is 0 Å². The van der Waals surface area contributed by atoms with Crippen molar-refractivity contribution in [2.24, 2.45) is 0 Å². The van der Waals surface area contributed by atoms with E-state index in [9.17, 15) is 5.11 Å². The quantitative estimate of drug-likeness (QED) is 0.602. The lowest BCUT2D eigenvalue weighted by molar-refractivity contribution is 0.0222. The van der Waals surface area contributed by atoms with E-state index in [1.165, 1.54) is 6.42 Å². The summed E-state index contributed by atoms with van der Waals surface area (Å²) in [6, 6.07) is 0.331. The van der Waals surface area contributed by atoms with Crippen LogP contribution in [0.25, 0.3) is 0 Å². The molecule has 0 saturated carbocycles. The highest BCUT2D eigenvalue weighted by Crippen LogP contribution is 2.21. The third-order valence-electron chi connectivity index (χ3n) is 2.53. The van der Waals surface area contributed by atoms with Crippen LogP contribution < -0.4 is 5.32 Å². The number of hydrogen-bond acceptors (Lipinski definition) is 2. The Morgan fingerprint density at radius 1 is 1.70 bits per heavy atom. The molecule has 2 nitrogen and oxygen atoms in total. The van der Waals surface area contributed by atoms with Crippen molar-refractivity contribution in [1.82, 2.24) is 5.32 Å². The van der Waals surface area contributed by atoms with E-state index in [-0.39, 0.29) is 0 Å². The Morgan fingerprint density at radius 2 is 2.40 bits per heavy atom. The molecular weight excluding hydrogens is 126 g/mol. The molecule has 0 aromatic carbocycles. The molecule has 0 radical (unpaired) electrons. The molecule has 1 aliphatic heterocycles. The molecule has 0 aromatic heterocycles. The lowest BCUT2D eigenvalue weighted by atomic mass is 9.93. The Bertz CT molecular complexity index is 106. The molecule has 2 atom stereocenters. The topological polar surface area (TPSA) is 32.3 Å². The van der Waals surface area contributed by atoms with Crippen LogP contribution in [0.5, 0.6) is 0 Å². The maximum atomic E-state index is 9.76. The van der Waals surface area contributed by atoms with Crippen LogP contribution in [0.2, 0.25) is 0 Å². The predicted octanol–water partition coefficient (Wildman–Crippen LogP) is 0.899. The third kappa shape index (κ3) is 1.50. The van der Waals surface area contributed by atoms with Crippen molar-refractivity contribution in [2.45, 2.75) is 44.8 Å². The summed E-state index contributed by atoms with van der Waals surface area (Å²) >= 11 is 0. The minimum Gasteiger partial charge on any atom is -0.389 e. The van der Waals surface area contributed by atoms with Crippen molar-refractivity contribution >= 4 is 0 Å². The van der Waals surface area contributed by atoms with E-state index in [1.807, 2.05) is 13.8 Å². The summed E-state index contributed by atoms with van der Waals surface area (Å²) in [4.78, 5) is 0. The van der Waals surface area contributed by atoms with Gasteiger partial charge in [0.1, 0.15) is 0 Å². The molecule has 0 aromatic rings. The van der Waals surface area contributed by atoms with Crippen LogP contribution in [-0.4, -0.2) is 23.3 Å². The highest BCUT2D eigenvalue weighted by Gasteiger charge is 2.31. The van der Waals surface area contributed by atoms with Crippen molar-refractivity contribution in [1.29, 1.82) is 0 Å². The summed E-state index contributed by atoms with van der Waals surface area (Å²) < 4.78 is 0. The number of hydrogen-bond donors (Lipinski definition) is 2. The molecule has 0 bridgehead atoms. The molecule has 60 valence electrons. The summed E-state index contributed by atoms with van der Waals surface area (Å²) in [5, 5.41) is 13.1. The van der Waals surface area contributed by atoms with Gasteiger partial charge in [0, 0.05) is 6.04 Å². The van der Waals surface area contributed by atoms with Gasteiger partial charge < -0.3 is 10.4 Å². The van der Waals surface area contributed by atoms with Crippen LogP contribution in [0.15, 0.2) is 0 Å². The van der Waals surface area contributed by atoms with E-state index in [0.29, 0.717) is 6.04 Å². The van der Waals surface area contributed by atoms with Crippen LogP contribution in [0.3, 0.4) is 0 Å². The first-order valence-corrected chi connectivity index (χ1v) is 4.12. The van der Waals surface area contributed by atoms with Gasteiger partial charge in [0.05, 0.1) is 5.60 Å². The molecule has 2 N–H and O–H groups in total. The fourth-order valence-corrected chi connectivity index (χ4v) is 1.46. The highest BCUT2D eigenvalue weighted by molar-refractivity contribution is 4.89. The van der Waals surface area contributed by atoms with Crippen LogP contribution in [0.4, 0.5) is 0 Å². The van der Waals surface area contributed by atoms with E-state index < -0.39 is 5.60 Å². The molecule has 0 amide bonds. The van der Waals surface area contributed by atoms with Crippen molar-refractivity contribution in [3.63, 3.8) is 0 Å². The Balaban J connectivity index is 2.45. The van der Waals surface area contributed by atoms with Crippen molar-refractivity contribution in [3.8, 4) is 0 Å². The normalized spacial score (nSPS) is 32.1. The zero-order valence-electron chi connectivity index (χ0n) is 6.85. The van der Waals surface area contributed by atoms with Crippen LogP contribution in [-0.2, 0) is 0 Å². The maximum Gasteiger partial charge on any atom is 0.0769 e. The molecule has 2 heteroatoms. The van der Waals surface area contributed by atoms with Gasteiger partial charge in [0.15, 0.2) is 0 Å². The van der Waals surface area contributed by atoms with Crippen LogP contribution in [0.1, 0.15) is 33.1 Å². The molecule has 2 unspecified atom stereocenters. The van der Waals surface area contributed by atoms with Crippen LogP contribution >= 0.6 is 0 Å². The van der Waals surface area contributed by atoms with Crippen molar-refractivity contribution in [3.05, 3.63) is 0 Å². The van der Waals surface area contributed by atoms with E-state index >= 15 is 0 Å². The zero-order valence-corrected chi connectivity index (χ0v) is 6.85. The minimum atomic E-state index is -0.490. The van der Waals surface area contributed by atoms with Gasteiger partial charge in [-0.3, -0.25) is 0 Å². The Hall–Kier alpha value is -0.0800. The fraction of sp³-hybridized carbons (Fsp3) is 1.00. The Kier molecular flexibility index (Phi) is 2.32. The standard InChI is InChI=1S/C8H17NO/c1-3-8(2,10)7-5-4-6-9-7/h7,9-10H,3-6H2,1-2H3. The largest absolute Gasteiger partial charge is 0.389 e. The van der Waals surface area contributed by atoms with Gasteiger partial charge in [-0.2, -0.15) is 0 Å². The second-order valence-corrected chi connectivity index (χ2v) is 3.36. The lowest BCUT2D eigenvalue weighted by Gasteiger charge is -2.28.